The summed E-state index contributed by atoms with van der Waals surface area (Å²) in [6.45, 7) is 3.21. The Kier molecular flexibility index (Phi) is 6.39. The molecule has 0 amide bonds. The molecular weight excluding hydrogens is 376 g/mol. The second-order valence-electron chi connectivity index (χ2n) is 5.06. The lowest BCUT2D eigenvalue weighted by molar-refractivity contribution is 0.0554. The zero-order valence-electron chi connectivity index (χ0n) is 13.6. The van der Waals surface area contributed by atoms with Crippen molar-refractivity contribution in [3.05, 3.63) is 71.8 Å². The first kappa shape index (κ1) is 19.5. The van der Waals surface area contributed by atoms with Crippen LogP contribution in [0.2, 0.25) is 5.02 Å². The SMILES string of the molecule is C=CCN(c1ccc(Cl)cc1)S(=O)(=O)c1cccc(C(=O)OCC#N)c1. The van der Waals surface area contributed by atoms with Gasteiger partial charge in [-0.25, -0.2) is 13.2 Å². The molecule has 0 bridgehead atoms. The number of halogens is 1. The first-order valence-corrected chi connectivity index (χ1v) is 9.25. The molecule has 0 atom stereocenters. The number of benzene rings is 2. The van der Waals surface area contributed by atoms with Gasteiger partial charge in [-0.3, -0.25) is 4.31 Å². The number of carbonyl (C=O) groups excluding carboxylic acids is 1. The maximum Gasteiger partial charge on any atom is 0.339 e. The van der Waals surface area contributed by atoms with E-state index in [0.717, 1.165) is 4.31 Å². The van der Waals surface area contributed by atoms with E-state index in [1.165, 1.54) is 30.3 Å². The Balaban J connectivity index is 2.43. The highest BCUT2D eigenvalue weighted by Crippen LogP contribution is 2.25. The third-order valence-electron chi connectivity index (χ3n) is 3.34. The topological polar surface area (TPSA) is 87.5 Å². The van der Waals surface area contributed by atoms with Crippen LogP contribution in [0.15, 0.2) is 66.1 Å². The Morgan fingerprint density at radius 3 is 2.58 bits per heavy atom. The standard InChI is InChI=1S/C18H15ClN2O4S/c1-2-11-21(16-8-6-15(19)7-9-16)26(23,24)17-5-3-4-14(13-17)18(22)25-12-10-20/h2-9,13H,1,11-12H2. The lowest BCUT2D eigenvalue weighted by Gasteiger charge is -2.23. The highest BCUT2D eigenvalue weighted by molar-refractivity contribution is 7.92. The van der Waals surface area contributed by atoms with Crippen LogP contribution >= 0.6 is 11.6 Å². The number of anilines is 1. The van der Waals surface area contributed by atoms with Crippen molar-refractivity contribution in [1.82, 2.24) is 0 Å². The molecule has 8 heteroatoms. The maximum atomic E-state index is 13.0. The summed E-state index contributed by atoms with van der Waals surface area (Å²) in [7, 11) is -3.96. The summed E-state index contributed by atoms with van der Waals surface area (Å²) >= 11 is 5.86. The molecule has 0 aliphatic heterocycles. The van der Waals surface area contributed by atoms with E-state index in [9.17, 15) is 13.2 Å². The van der Waals surface area contributed by atoms with E-state index in [-0.39, 0.29) is 17.0 Å². The Morgan fingerprint density at radius 1 is 1.27 bits per heavy atom. The van der Waals surface area contributed by atoms with Gasteiger partial charge in [-0.1, -0.05) is 23.7 Å². The third-order valence-corrected chi connectivity index (χ3v) is 5.38. The minimum absolute atomic E-state index is 0.0348. The minimum atomic E-state index is -3.96. The molecule has 2 rings (SSSR count). The molecule has 6 nitrogen and oxygen atoms in total. The molecule has 0 saturated heterocycles. The summed E-state index contributed by atoms with van der Waals surface area (Å²) in [5.74, 6) is -0.773. The molecule has 0 saturated carbocycles. The van der Waals surface area contributed by atoms with Gasteiger partial charge in [-0.2, -0.15) is 5.26 Å². The number of nitriles is 1. The molecule has 0 heterocycles. The molecule has 0 radical (unpaired) electrons. The van der Waals surface area contributed by atoms with Crippen LogP contribution in [0.3, 0.4) is 0 Å². The van der Waals surface area contributed by atoms with E-state index in [0.29, 0.717) is 10.7 Å². The van der Waals surface area contributed by atoms with Crippen molar-refractivity contribution >= 4 is 33.3 Å². The molecule has 0 aliphatic rings. The Bertz CT molecular complexity index is 950. The molecule has 0 unspecified atom stereocenters. The highest BCUT2D eigenvalue weighted by Gasteiger charge is 2.25. The van der Waals surface area contributed by atoms with Gasteiger partial charge in [-0.15, -0.1) is 6.58 Å². The van der Waals surface area contributed by atoms with Crippen LogP contribution in [0.4, 0.5) is 5.69 Å². The smallest absolute Gasteiger partial charge is 0.339 e. The predicted molar refractivity (Wildman–Crippen MR) is 98.5 cm³/mol. The second kappa shape index (κ2) is 8.52. The maximum absolute atomic E-state index is 13.0. The van der Waals surface area contributed by atoms with Crippen LogP contribution in [-0.2, 0) is 14.8 Å². The summed E-state index contributed by atoms with van der Waals surface area (Å²) in [6, 6.07) is 13.4. The van der Waals surface area contributed by atoms with E-state index in [1.54, 1.807) is 30.3 Å². The number of nitrogens with zero attached hydrogens (tertiary/aromatic N) is 2. The number of ether oxygens (including phenoxy) is 1. The van der Waals surface area contributed by atoms with Gasteiger partial charge in [0.2, 0.25) is 0 Å². The van der Waals surface area contributed by atoms with Crippen LogP contribution in [0.1, 0.15) is 10.4 Å². The summed E-state index contributed by atoms with van der Waals surface area (Å²) in [4.78, 5) is 11.8. The molecule has 26 heavy (non-hydrogen) atoms. The molecule has 0 aromatic heterocycles. The first-order chi connectivity index (χ1) is 12.4. The van der Waals surface area contributed by atoms with Crippen LogP contribution in [-0.4, -0.2) is 27.5 Å². The summed E-state index contributed by atoms with van der Waals surface area (Å²) in [6.07, 6.45) is 1.46. The van der Waals surface area contributed by atoms with Crippen LogP contribution in [0.5, 0.6) is 0 Å². The van der Waals surface area contributed by atoms with E-state index in [2.05, 4.69) is 6.58 Å². The molecule has 0 fully saturated rings. The van der Waals surface area contributed by atoms with Gasteiger partial charge in [-0.05, 0) is 42.5 Å². The third kappa shape index (κ3) is 4.42. The zero-order valence-corrected chi connectivity index (χ0v) is 15.2. The summed E-state index contributed by atoms with van der Waals surface area (Å²) < 4.78 is 31.9. The first-order valence-electron chi connectivity index (χ1n) is 7.43. The molecular formula is C18H15ClN2O4S. The van der Waals surface area contributed by atoms with Gasteiger partial charge < -0.3 is 4.74 Å². The zero-order chi connectivity index (χ0) is 19.2. The quantitative estimate of drug-likeness (QED) is 0.534. The molecule has 0 aliphatic carbocycles. The van der Waals surface area contributed by atoms with Gasteiger partial charge in [0.25, 0.3) is 10.0 Å². The lowest BCUT2D eigenvalue weighted by atomic mass is 10.2. The average molecular weight is 391 g/mol. The van der Waals surface area contributed by atoms with Crippen molar-refractivity contribution in [2.24, 2.45) is 0 Å². The van der Waals surface area contributed by atoms with Crippen molar-refractivity contribution in [1.29, 1.82) is 5.26 Å². The number of carbonyl (C=O) groups is 1. The molecule has 0 spiro atoms. The molecule has 0 N–H and O–H groups in total. The predicted octanol–water partition coefficient (Wildman–Crippen LogP) is 3.40. The van der Waals surface area contributed by atoms with E-state index >= 15 is 0 Å². The minimum Gasteiger partial charge on any atom is -0.447 e. The number of hydrogen-bond acceptors (Lipinski definition) is 5. The summed E-state index contributed by atoms with van der Waals surface area (Å²) in [5, 5.41) is 8.95. The van der Waals surface area contributed by atoms with Crippen LogP contribution < -0.4 is 4.31 Å². The lowest BCUT2D eigenvalue weighted by Crippen LogP contribution is -2.31. The highest BCUT2D eigenvalue weighted by atomic mass is 35.5. The van der Waals surface area contributed by atoms with Crippen molar-refractivity contribution in [2.45, 2.75) is 4.90 Å². The number of sulfonamides is 1. The molecule has 134 valence electrons. The van der Waals surface area contributed by atoms with Crippen molar-refractivity contribution < 1.29 is 17.9 Å². The van der Waals surface area contributed by atoms with Gasteiger partial charge >= 0.3 is 5.97 Å². The molecule has 2 aromatic rings. The van der Waals surface area contributed by atoms with Crippen molar-refractivity contribution in [3.8, 4) is 6.07 Å². The Morgan fingerprint density at radius 2 is 1.96 bits per heavy atom. The monoisotopic (exact) mass is 390 g/mol. The van der Waals surface area contributed by atoms with Crippen molar-refractivity contribution in [2.75, 3.05) is 17.5 Å². The van der Waals surface area contributed by atoms with Gasteiger partial charge in [0, 0.05) is 5.02 Å². The average Bonchev–Trinajstić information content (AvgIpc) is 2.65. The van der Waals surface area contributed by atoms with Crippen LogP contribution in [0, 0.1) is 11.3 Å². The second-order valence-corrected chi connectivity index (χ2v) is 7.36. The largest absolute Gasteiger partial charge is 0.447 e. The number of esters is 1. The van der Waals surface area contributed by atoms with E-state index in [1.807, 2.05) is 0 Å². The Hall–Kier alpha value is -2.82. The summed E-state index contributed by atoms with van der Waals surface area (Å²) in [5.41, 5.74) is 0.447. The normalized spacial score (nSPS) is 10.6. The van der Waals surface area contributed by atoms with Gasteiger partial charge in [0.05, 0.1) is 22.7 Å². The van der Waals surface area contributed by atoms with E-state index in [4.69, 9.17) is 21.6 Å². The van der Waals surface area contributed by atoms with E-state index < -0.39 is 22.6 Å². The fourth-order valence-corrected chi connectivity index (χ4v) is 3.77. The fourth-order valence-electron chi connectivity index (χ4n) is 2.16. The molecule has 2 aromatic carbocycles. The van der Waals surface area contributed by atoms with Gasteiger partial charge in [0.15, 0.2) is 6.61 Å². The fraction of sp³-hybridized carbons (Fsp3) is 0.111. The Labute approximate surface area is 156 Å². The number of rotatable bonds is 7. The van der Waals surface area contributed by atoms with Crippen molar-refractivity contribution in [3.63, 3.8) is 0 Å². The number of hydrogen-bond donors (Lipinski definition) is 0. The van der Waals surface area contributed by atoms with Crippen LogP contribution in [0.25, 0.3) is 0 Å². The van der Waals surface area contributed by atoms with Gasteiger partial charge in [0.1, 0.15) is 6.07 Å².